The number of piperazine rings is 1. The van der Waals surface area contributed by atoms with E-state index in [0.29, 0.717) is 0 Å². The maximum atomic E-state index is 12.7. The third-order valence-corrected chi connectivity index (χ3v) is 6.55. The summed E-state index contributed by atoms with van der Waals surface area (Å²) in [5.41, 5.74) is -4.87. The van der Waals surface area contributed by atoms with Gasteiger partial charge in [-0.15, -0.1) is 0 Å². The number of pyridine rings is 1. The highest BCUT2D eigenvalue weighted by Gasteiger charge is 2.32. The quantitative estimate of drug-likeness (QED) is 0.662. The van der Waals surface area contributed by atoms with Gasteiger partial charge in [0.15, 0.2) is 0 Å². The van der Waals surface area contributed by atoms with Gasteiger partial charge in [0.25, 0.3) is 5.91 Å². The molecule has 2 amide bonds. The second kappa shape index (κ2) is 8.62. The molecule has 1 aromatic carbocycles. The molecule has 30 heavy (non-hydrogen) atoms. The Bertz CT molecular complexity index is 1080. The van der Waals surface area contributed by atoms with Gasteiger partial charge in [0.2, 0.25) is 15.9 Å². The molecule has 13 heteroatoms. The molecule has 2 aromatic rings. The molecule has 2 heterocycles. The van der Waals surface area contributed by atoms with Crippen LogP contribution in [0.3, 0.4) is 0 Å². The Balaban J connectivity index is 1.82. The molecule has 1 fully saturated rings. The van der Waals surface area contributed by atoms with Crippen LogP contribution in [0.4, 0.5) is 18.9 Å². The summed E-state index contributed by atoms with van der Waals surface area (Å²) in [6, 6.07) is 7.74. The molecule has 160 valence electrons. The predicted octanol–water partition coefficient (Wildman–Crippen LogP) is 2.07. The molecule has 1 aliphatic heterocycles. The number of thioether (sulfide) groups is 1. The van der Waals surface area contributed by atoms with Gasteiger partial charge in [-0.3, -0.25) is 9.59 Å². The first-order chi connectivity index (χ1) is 14.1. The molecule has 3 rings (SSSR count). The summed E-state index contributed by atoms with van der Waals surface area (Å²) in [6.07, 6.45) is 1.13. The lowest BCUT2D eigenvalue weighted by Crippen LogP contribution is -2.49. The molecule has 0 spiro atoms. The zero-order chi connectivity index (χ0) is 21.9. The first-order valence-electron chi connectivity index (χ1n) is 8.45. The highest BCUT2D eigenvalue weighted by atomic mass is 32.2. The lowest BCUT2D eigenvalue weighted by molar-refractivity contribution is -0.122. The van der Waals surface area contributed by atoms with E-state index >= 15 is 0 Å². The minimum atomic E-state index is -4.63. The Morgan fingerprint density at radius 3 is 2.70 bits per heavy atom. The number of aromatic nitrogens is 1. The fraction of sp³-hybridized carbons (Fsp3) is 0.235. The van der Waals surface area contributed by atoms with Gasteiger partial charge in [0.1, 0.15) is 5.03 Å². The topological polar surface area (TPSA) is 108 Å². The van der Waals surface area contributed by atoms with Gasteiger partial charge in [-0.2, -0.15) is 17.5 Å². The number of benzene rings is 1. The van der Waals surface area contributed by atoms with Crippen molar-refractivity contribution in [1.82, 2.24) is 14.6 Å². The predicted molar refractivity (Wildman–Crippen MR) is 102 cm³/mol. The molecule has 0 aliphatic carbocycles. The number of nitrogens with one attached hydrogen (secondary N) is 2. The van der Waals surface area contributed by atoms with Crippen molar-refractivity contribution in [3.63, 3.8) is 0 Å². The molecule has 1 aromatic heterocycles. The fourth-order valence-electron chi connectivity index (χ4n) is 2.66. The molecule has 0 unspecified atom stereocenters. The molecule has 0 atom stereocenters. The van der Waals surface area contributed by atoms with Crippen LogP contribution in [0.15, 0.2) is 52.5 Å². The van der Waals surface area contributed by atoms with Crippen molar-refractivity contribution in [2.24, 2.45) is 0 Å². The van der Waals surface area contributed by atoms with Crippen molar-refractivity contribution >= 4 is 39.3 Å². The van der Waals surface area contributed by atoms with Crippen molar-refractivity contribution in [1.29, 1.82) is 0 Å². The first-order valence-corrected chi connectivity index (χ1v) is 10.7. The SMILES string of the molecule is O=C1CN(S(=O)(=O)c2cccc(NC(=O)c3cccnc3SC(F)(F)F)c2)CCN1. The number of hydrogen-bond donors (Lipinski definition) is 2. The molecule has 1 saturated heterocycles. The van der Waals surface area contributed by atoms with Gasteiger partial charge in [0, 0.05) is 36.7 Å². The maximum absolute atomic E-state index is 12.7. The third-order valence-electron chi connectivity index (χ3n) is 3.96. The molecular weight excluding hydrogens is 445 g/mol. The van der Waals surface area contributed by atoms with Gasteiger partial charge in [-0.05, 0) is 30.3 Å². The Kier molecular flexibility index (Phi) is 6.33. The number of rotatable bonds is 5. The zero-order valence-corrected chi connectivity index (χ0v) is 16.8. The minimum absolute atomic E-state index is 0.0642. The number of nitrogens with zero attached hydrogens (tertiary/aromatic N) is 2. The largest absolute Gasteiger partial charge is 0.447 e. The van der Waals surface area contributed by atoms with Crippen LogP contribution in [0, 0.1) is 0 Å². The third kappa shape index (κ3) is 5.29. The number of anilines is 1. The Morgan fingerprint density at radius 2 is 2.00 bits per heavy atom. The number of hydrogen-bond acceptors (Lipinski definition) is 6. The monoisotopic (exact) mass is 460 g/mol. The van der Waals surface area contributed by atoms with Gasteiger partial charge < -0.3 is 10.6 Å². The van der Waals surface area contributed by atoms with E-state index in [2.05, 4.69) is 15.6 Å². The standard InChI is InChI=1S/C17H15F3N4O4S2/c18-17(19,20)29-16-13(5-2-6-22-16)15(26)23-11-3-1-4-12(9-11)30(27,28)24-8-7-21-14(25)10-24/h1-6,9H,7-8,10H2,(H,21,25)(H,23,26). The number of sulfonamides is 1. The molecule has 0 saturated carbocycles. The van der Waals surface area contributed by atoms with E-state index in [9.17, 15) is 31.2 Å². The van der Waals surface area contributed by atoms with E-state index in [1.165, 1.54) is 36.4 Å². The van der Waals surface area contributed by atoms with Crippen LogP contribution in [0.25, 0.3) is 0 Å². The molecular formula is C17H15F3N4O4S2. The number of carbonyl (C=O) groups is 2. The summed E-state index contributed by atoms with van der Waals surface area (Å²) in [5.74, 6) is -1.30. The van der Waals surface area contributed by atoms with E-state index in [1.807, 2.05) is 0 Å². The number of carbonyl (C=O) groups excluding carboxylic acids is 2. The normalized spacial score (nSPS) is 15.5. The fourth-order valence-corrected chi connectivity index (χ4v) is 4.70. The molecule has 8 nitrogen and oxygen atoms in total. The van der Waals surface area contributed by atoms with E-state index in [0.717, 1.165) is 10.5 Å². The van der Waals surface area contributed by atoms with Gasteiger partial charge >= 0.3 is 5.51 Å². The van der Waals surface area contributed by atoms with Crippen LogP contribution in [-0.4, -0.2) is 54.7 Å². The van der Waals surface area contributed by atoms with E-state index in [4.69, 9.17) is 0 Å². The zero-order valence-electron chi connectivity index (χ0n) is 15.1. The lowest BCUT2D eigenvalue weighted by atomic mass is 10.2. The summed E-state index contributed by atoms with van der Waals surface area (Å²) < 4.78 is 64.6. The van der Waals surface area contributed by atoms with Crippen molar-refractivity contribution in [2.45, 2.75) is 15.4 Å². The molecule has 2 N–H and O–H groups in total. The summed E-state index contributed by atoms with van der Waals surface area (Å²) >= 11 is -0.520. The van der Waals surface area contributed by atoms with Crippen molar-refractivity contribution in [3.8, 4) is 0 Å². The van der Waals surface area contributed by atoms with Crippen LogP contribution in [0.1, 0.15) is 10.4 Å². The maximum Gasteiger partial charge on any atom is 0.447 e. The number of alkyl halides is 3. The molecule has 0 bridgehead atoms. The summed E-state index contributed by atoms with van der Waals surface area (Å²) in [7, 11) is -3.99. The highest BCUT2D eigenvalue weighted by molar-refractivity contribution is 8.00. The second-order valence-corrected chi connectivity index (χ2v) is 9.07. The average molecular weight is 460 g/mol. The highest BCUT2D eigenvalue weighted by Crippen LogP contribution is 2.37. The van der Waals surface area contributed by atoms with Crippen molar-refractivity contribution in [2.75, 3.05) is 25.0 Å². The van der Waals surface area contributed by atoms with Gasteiger partial charge in [0.05, 0.1) is 17.0 Å². The van der Waals surface area contributed by atoms with Crippen LogP contribution in [0.5, 0.6) is 0 Å². The molecule has 1 aliphatic rings. The first kappa shape index (κ1) is 22.1. The molecule has 0 radical (unpaired) electrons. The Morgan fingerprint density at radius 1 is 1.23 bits per heavy atom. The van der Waals surface area contributed by atoms with Crippen LogP contribution in [-0.2, 0) is 14.8 Å². The van der Waals surface area contributed by atoms with Crippen LogP contribution in [0.2, 0.25) is 0 Å². The van der Waals surface area contributed by atoms with E-state index in [-0.39, 0.29) is 35.8 Å². The van der Waals surface area contributed by atoms with Gasteiger partial charge in [-0.25, -0.2) is 13.4 Å². The smallest absolute Gasteiger partial charge is 0.354 e. The average Bonchev–Trinajstić information content (AvgIpc) is 2.67. The Labute approximate surface area is 173 Å². The summed E-state index contributed by atoms with van der Waals surface area (Å²) in [5, 5.41) is 4.39. The number of halogens is 3. The van der Waals surface area contributed by atoms with Crippen molar-refractivity contribution < 1.29 is 31.2 Å². The number of amides is 2. The van der Waals surface area contributed by atoms with E-state index in [1.54, 1.807) is 0 Å². The summed E-state index contributed by atoms with van der Waals surface area (Å²) in [4.78, 5) is 27.4. The van der Waals surface area contributed by atoms with Gasteiger partial charge in [-0.1, -0.05) is 6.07 Å². The lowest BCUT2D eigenvalue weighted by Gasteiger charge is -2.26. The van der Waals surface area contributed by atoms with Crippen LogP contribution >= 0.6 is 11.8 Å². The van der Waals surface area contributed by atoms with Crippen LogP contribution < -0.4 is 10.6 Å². The Hall–Kier alpha value is -2.64. The second-order valence-electron chi connectivity index (χ2n) is 6.07. The summed E-state index contributed by atoms with van der Waals surface area (Å²) in [6.45, 7) is -0.0554. The van der Waals surface area contributed by atoms with E-state index < -0.39 is 44.1 Å². The minimum Gasteiger partial charge on any atom is -0.354 e. The van der Waals surface area contributed by atoms with Crippen molar-refractivity contribution in [3.05, 3.63) is 48.2 Å².